The van der Waals surface area contributed by atoms with Crippen molar-refractivity contribution in [2.75, 3.05) is 13.1 Å². The first-order valence-corrected chi connectivity index (χ1v) is 7.05. The molecule has 0 aliphatic carbocycles. The van der Waals surface area contributed by atoms with Crippen molar-refractivity contribution in [1.82, 2.24) is 20.4 Å². The molecule has 1 unspecified atom stereocenters. The van der Waals surface area contributed by atoms with Crippen LogP contribution in [-0.4, -0.2) is 34.8 Å². The van der Waals surface area contributed by atoms with Gasteiger partial charge < -0.3 is 10.6 Å². The molecular weight excluding hydrogens is 240 g/mol. The van der Waals surface area contributed by atoms with Crippen molar-refractivity contribution < 1.29 is 4.79 Å². The largest absolute Gasteiger partial charge is 0.354 e. The number of carbonyl (C=O) groups is 1. The first kappa shape index (κ1) is 14.1. The lowest BCUT2D eigenvalue weighted by molar-refractivity contribution is -0.121. The number of aryl methyl sites for hydroxylation is 1. The van der Waals surface area contributed by atoms with Crippen LogP contribution in [0.25, 0.3) is 0 Å². The number of rotatable bonds is 5. The number of carbonyl (C=O) groups excluding carboxylic acids is 1. The molecule has 1 fully saturated rings. The van der Waals surface area contributed by atoms with Gasteiger partial charge in [0.25, 0.3) is 0 Å². The summed E-state index contributed by atoms with van der Waals surface area (Å²) in [6.45, 7) is 6.93. The first-order chi connectivity index (χ1) is 9.08. The molecule has 1 saturated heterocycles. The van der Waals surface area contributed by atoms with Gasteiger partial charge in [0.2, 0.25) is 5.91 Å². The van der Waals surface area contributed by atoms with Gasteiger partial charge in [-0.1, -0.05) is 13.8 Å². The Hall–Kier alpha value is -1.36. The average Bonchev–Trinajstić information content (AvgIpc) is 2.87. The van der Waals surface area contributed by atoms with Gasteiger partial charge in [0.15, 0.2) is 0 Å². The number of nitrogens with one attached hydrogen (secondary N) is 2. The fourth-order valence-corrected chi connectivity index (χ4v) is 2.57. The minimum Gasteiger partial charge on any atom is -0.354 e. The predicted molar refractivity (Wildman–Crippen MR) is 74.7 cm³/mol. The van der Waals surface area contributed by atoms with Crippen LogP contribution in [0.3, 0.4) is 0 Å². The number of amides is 1. The van der Waals surface area contributed by atoms with E-state index in [4.69, 9.17) is 0 Å². The Bertz CT molecular complexity index is 400. The van der Waals surface area contributed by atoms with Gasteiger partial charge in [0.1, 0.15) is 0 Å². The molecule has 1 aromatic heterocycles. The molecule has 0 saturated carbocycles. The minimum atomic E-state index is 0.0960. The monoisotopic (exact) mass is 264 g/mol. The summed E-state index contributed by atoms with van der Waals surface area (Å²) in [5, 5.41) is 10.6. The first-order valence-electron chi connectivity index (χ1n) is 7.05. The van der Waals surface area contributed by atoms with E-state index in [1.807, 2.05) is 12.3 Å². The molecule has 0 bridgehead atoms. The second-order valence-corrected chi connectivity index (χ2v) is 5.92. The van der Waals surface area contributed by atoms with E-state index in [0.29, 0.717) is 25.6 Å². The van der Waals surface area contributed by atoms with Crippen LogP contribution in [0.15, 0.2) is 18.5 Å². The molecule has 19 heavy (non-hydrogen) atoms. The number of hydrogen-bond acceptors (Lipinski definition) is 3. The smallest absolute Gasteiger partial charge is 0.221 e. The Labute approximate surface area is 114 Å². The highest BCUT2D eigenvalue weighted by molar-refractivity contribution is 5.75. The van der Waals surface area contributed by atoms with E-state index >= 15 is 0 Å². The molecule has 0 spiro atoms. The molecule has 1 aliphatic rings. The molecule has 2 N–H and O–H groups in total. The Morgan fingerprint density at radius 2 is 2.42 bits per heavy atom. The van der Waals surface area contributed by atoms with E-state index in [2.05, 4.69) is 29.6 Å². The van der Waals surface area contributed by atoms with Crippen LogP contribution in [0.2, 0.25) is 0 Å². The molecule has 5 heteroatoms. The van der Waals surface area contributed by atoms with Crippen LogP contribution in [0.5, 0.6) is 0 Å². The molecule has 1 amide bonds. The standard InChI is InChI=1S/C14H24N4O/c1-14(2)6-3-7-15-12(14)11-16-13(19)5-10-18-9-4-8-17-18/h4,8-9,12,15H,3,5-7,10-11H2,1-2H3,(H,16,19). The maximum Gasteiger partial charge on any atom is 0.221 e. The zero-order valence-corrected chi connectivity index (χ0v) is 11.9. The van der Waals surface area contributed by atoms with E-state index in [1.54, 1.807) is 10.9 Å². The normalized spacial score (nSPS) is 22.1. The van der Waals surface area contributed by atoms with Gasteiger partial charge in [-0.2, -0.15) is 5.10 Å². The second kappa shape index (κ2) is 6.19. The minimum absolute atomic E-state index is 0.0960. The van der Waals surface area contributed by atoms with Crippen LogP contribution < -0.4 is 10.6 Å². The van der Waals surface area contributed by atoms with E-state index < -0.39 is 0 Å². The second-order valence-electron chi connectivity index (χ2n) is 5.92. The molecule has 1 atom stereocenters. The van der Waals surface area contributed by atoms with Gasteiger partial charge in [-0.3, -0.25) is 9.48 Å². The topological polar surface area (TPSA) is 58.9 Å². The molecule has 1 aliphatic heterocycles. The Balaban J connectivity index is 1.71. The van der Waals surface area contributed by atoms with Gasteiger partial charge in [0.05, 0.1) is 0 Å². The summed E-state index contributed by atoms with van der Waals surface area (Å²) < 4.78 is 1.78. The Kier molecular flexibility index (Phi) is 4.58. The third-order valence-electron chi connectivity index (χ3n) is 3.96. The zero-order chi connectivity index (χ0) is 13.7. The Morgan fingerprint density at radius 3 is 3.11 bits per heavy atom. The lowest BCUT2D eigenvalue weighted by atomic mass is 9.77. The summed E-state index contributed by atoms with van der Waals surface area (Å²) in [7, 11) is 0. The maximum absolute atomic E-state index is 11.8. The van der Waals surface area contributed by atoms with Crippen LogP contribution in [0, 0.1) is 5.41 Å². The number of piperidine rings is 1. The van der Waals surface area contributed by atoms with E-state index in [0.717, 1.165) is 6.54 Å². The van der Waals surface area contributed by atoms with Gasteiger partial charge in [-0.15, -0.1) is 0 Å². The fourth-order valence-electron chi connectivity index (χ4n) is 2.57. The Morgan fingerprint density at radius 1 is 1.58 bits per heavy atom. The van der Waals surface area contributed by atoms with Crippen molar-refractivity contribution in [3.8, 4) is 0 Å². The van der Waals surface area contributed by atoms with Gasteiger partial charge >= 0.3 is 0 Å². The fraction of sp³-hybridized carbons (Fsp3) is 0.714. The van der Waals surface area contributed by atoms with Crippen molar-refractivity contribution in [2.24, 2.45) is 5.41 Å². The maximum atomic E-state index is 11.8. The van der Waals surface area contributed by atoms with Crippen molar-refractivity contribution in [1.29, 1.82) is 0 Å². The summed E-state index contributed by atoms with van der Waals surface area (Å²) in [4.78, 5) is 11.8. The van der Waals surface area contributed by atoms with E-state index in [9.17, 15) is 4.79 Å². The van der Waals surface area contributed by atoms with Crippen molar-refractivity contribution in [3.63, 3.8) is 0 Å². The van der Waals surface area contributed by atoms with Crippen molar-refractivity contribution >= 4 is 5.91 Å². The summed E-state index contributed by atoms with van der Waals surface area (Å²) in [6, 6.07) is 2.24. The third-order valence-corrected chi connectivity index (χ3v) is 3.96. The van der Waals surface area contributed by atoms with Gasteiger partial charge in [-0.25, -0.2) is 0 Å². The molecule has 106 valence electrons. The highest BCUT2D eigenvalue weighted by atomic mass is 16.1. The lowest BCUT2D eigenvalue weighted by Gasteiger charge is -2.39. The molecular formula is C14H24N4O. The molecule has 0 radical (unpaired) electrons. The van der Waals surface area contributed by atoms with Gasteiger partial charge in [0, 0.05) is 37.9 Å². The van der Waals surface area contributed by atoms with Crippen LogP contribution >= 0.6 is 0 Å². The third kappa shape index (κ3) is 4.06. The molecule has 1 aromatic rings. The van der Waals surface area contributed by atoms with E-state index in [1.165, 1.54) is 12.8 Å². The summed E-state index contributed by atoms with van der Waals surface area (Å²) in [6.07, 6.45) is 6.52. The highest BCUT2D eigenvalue weighted by Gasteiger charge is 2.31. The van der Waals surface area contributed by atoms with Gasteiger partial charge in [-0.05, 0) is 30.9 Å². The van der Waals surface area contributed by atoms with Crippen LogP contribution in [0.1, 0.15) is 33.1 Å². The SMILES string of the molecule is CC1(C)CCCNC1CNC(=O)CCn1cccn1. The number of nitrogens with zero attached hydrogens (tertiary/aromatic N) is 2. The summed E-state index contributed by atoms with van der Waals surface area (Å²) >= 11 is 0. The van der Waals surface area contributed by atoms with E-state index in [-0.39, 0.29) is 11.3 Å². The predicted octanol–water partition coefficient (Wildman–Crippen LogP) is 1.17. The van der Waals surface area contributed by atoms with Crippen molar-refractivity contribution in [2.45, 2.75) is 45.7 Å². The number of hydrogen-bond donors (Lipinski definition) is 2. The summed E-state index contributed by atoms with van der Waals surface area (Å²) in [5.41, 5.74) is 0.257. The van der Waals surface area contributed by atoms with Crippen LogP contribution in [0.4, 0.5) is 0 Å². The molecule has 0 aromatic carbocycles. The molecule has 2 heterocycles. The lowest BCUT2D eigenvalue weighted by Crippen LogP contribution is -2.52. The number of aromatic nitrogens is 2. The highest BCUT2D eigenvalue weighted by Crippen LogP contribution is 2.29. The molecule has 5 nitrogen and oxygen atoms in total. The summed E-state index contributed by atoms with van der Waals surface area (Å²) in [5.74, 6) is 0.0960. The molecule has 2 rings (SSSR count). The average molecular weight is 264 g/mol. The van der Waals surface area contributed by atoms with Crippen LogP contribution in [-0.2, 0) is 11.3 Å². The quantitative estimate of drug-likeness (QED) is 0.839. The van der Waals surface area contributed by atoms with Crippen molar-refractivity contribution in [3.05, 3.63) is 18.5 Å². The zero-order valence-electron chi connectivity index (χ0n) is 11.9.